The number of hydrogen-bond donors (Lipinski definition) is 1. The fourth-order valence-corrected chi connectivity index (χ4v) is 3.22. The number of nitrogens with one attached hydrogen (secondary N) is 1. The molecule has 0 aliphatic carbocycles. The molecule has 0 bridgehead atoms. The minimum Gasteiger partial charge on any atom is -0.455 e. The van der Waals surface area contributed by atoms with E-state index in [1.54, 1.807) is 18.2 Å². The van der Waals surface area contributed by atoms with Crippen LogP contribution in [0.3, 0.4) is 0 Å². The smallest absolute Gasteiger partial charge is 0.321 e. The maximum absolute atomic E-state index is 12.3. The molecule has 0 unspecified atom stereocenters. The molecule has 9 heteroatoms. The first-order valence-electron chi connectivity index (χ1n) is 8.08. The van der Waals surface area contributed by atoms with Crippen molar-refractivity contribution in [1.82, 2.24) is 9.62 Å². The predicted molar refractivity (Wildman–Crippen MR) is 98.0 cm³/mol. The second kappa shape index (κ2) is 9.12. The minimum atomic E-state index is -3.90. The summed E-state index contributed by atoms with van der Waals surface area (Å²) in [6.45, 7) is -0.885. The first-order valence-corrected chi connectivity index (χ1v) is 9.57. The lowest BCUT2D eigenvalue weighted by atomic mass is 10.1. The third-order valence-electron chi connectivity index (χ3n) is 3.78. The van der Waals surface area contributed by atoms with Crippen LogP contribution < -0.4 is 4.72 Å². The van der Waals surface area contributed by atoms with Gasteiger partial charge in [-0.2, -0.15) is 9.98 Å². The van der Waals surface area contributed by atoms with E-state index in [0.717, 1.165) is 10.8 Å². The number of nitrogens with zero attached hydrogens (tertiary/aromatic N) is 2. The first kappa shape index (κ1) is 20.4. The second-order valence-electron chi connectivity index (χ2n) is 5.72. The Morgan fingerprint density at radius 2 is 1.89 bits per heavy atom. The van der Waals surface area contributed by atoms with Crippen molar-refractivity contribution >= 4 is 32.7 Å². The fourth-order valence-electron chi connectivity index (χ4n) is 2.22. The van der Waals surface area contributed by atoms with Gasteiger partial charge in [0, 0.05) is 13.6 Å². The summed E-state index contributed by atoms with van der Waals surface area (Å²) in [5.74, 6) is -1.35. The summed E-state index contributed by atoms with van der Waals surface area (Å²) in [5.41, 5.74) is 0. The number of likely N-dealkylation sites (N-methyl/N-ethyl adjacent to an activating group) is 1. The summed E-state index contributed by atoms with van der Waals surface area (Å²) in [4.78, 5) is 24.7. The van der Waals surface area contributed by atoms with Crippen molar-refractivity contribution in [3.05, 3.63) is 42.5 Å². The summed E-state index contributed by atoms with van der Waals surface area (Å²) in [6, 6.07) is 13.8. The fraction of sp³-hybridized carbons (Fsp3) is 0.278. The molecule has 0 saturated heterocycles. The average molecular weight is 389 g/mol. The van der Waals surface area contributed by atoms with E-state index in [-0.39, 0.29) is 17.9 Å². The molecular formula is C18H19N3O5S. The van der Waals surface area contributed by atoms with Crippen LogP contribution in [0, 0.1) is 11.3 Å². The van der Waals surface area contributed by atoms with Crippen LogP contribution in [0.25, 0.3) is 10.8 Å². The van der Waals surface area contributed by atoms with Crippen LogP contribution in [0.1, 0.15) is 6.42 Å². The molecule has 0 radical (unpaired) electrons. The van der Waals surface area contributed by atoms with Crippen molar-refractivity contribution in [3.63, 3.8) is 0 Å². The molecule has 0 heterocycles. The van der Waals surface area contributed by atoms with Crippen LogP contribution in [-0.4, -0.2) is 51.9 Å². The molecule has 0 spiro atoms. The van der Waals surface area contributed by atoms with E-state index in [1.807, 2.05) is 18.2 Å². The topological polar surface area (TPSA) is 117 Å². The van der Waals surface area contributed by atoms with E-state index >= 15 is 0 Å². The quantitative estimate of drug-likeness (QED) is 0.674. The number of fused-ring (bicyclic) bond motifs is 1. The number of amides is 1. The van der Waals surface area contributed by atoms with E-state index in [1.165, 1.54) is 24.1 Å². The zero-order valence-corrected chi connectivity index (χ0v) is 15.5. The van der Waals surface area contributed by atoms with Crippen LogP contribution in [0.5, 0.6) is 0 Å². The molecule has 0 aliphatic heterocycles. The minimum absolute atomic E-state index is 0.0290. The Bertz CT molecular complexity index is 982. The van der Waals surface area contributed by atoms with E-state index < -0.39 is 35.1 Å². The van der Waals surface area contributed by atoms with Crippen LogP contribution >= 0.6 is 0 Å². The zero-order valence-electron chi connectivity index (χ0n) is 14.7. The average Bonchev–Trinajstić information content (AvgIpc) is 2.68. The van der Waals surface area contributed by atoms with Gasteiger partial charge in [0.15, 0.2) is 6.61 Å². The van der Waals surface area contributed by atoms with Gasteiger partial charge in [0.25, 0.3) is 5.91 Å². The Labute approximate surface area is 157 Å². The highest BCUT2D eigenvalue weighted by atomic mass is 32.2. The van der Waals surface area contributed by atoms with Gasteiger partial charge in [0.1, 0.15) is 6.54 Å². The number of ether oxygens (including phenoxy) is 1. The summed E-state index contributed by atoms with van der Waals surface area (Å²) >= 11 is 0. The number of hydrogen-bond acceptors (Lipinski definition) is 6. The van der Waals surface area contributed by atoms with Gasteiger partial charge in [0.2, 0.25) is 10.0 Å². The highest BCUT2D eigenvalue weighted by molar-refractivity contribution is 7.89. The molecule has 1 amide bonds. The van der Waals surface area contributed by atoms with Crippen LogP contribution in [-0.2, 0) is 24.3 Å². The van der Waals surface area contributed by atoms with E-state index in [4.69, 9.17) is 10.00 Å². The second-order valence-corrected chi connectivity index (χ2v) is 7.48. The van der Waals surface area contributed by atoms with Gasteiger partial charge in [-0.1, -0.05) is 30.3 Å². The van der Waals surface area contributed by atoms with Crippen molar-refractivity contribution in [2.45, 2.75) is 11.3 Å². The Morgan fingerprint density at radius 3 is 2.59 bits per heavy atom. The number of nitriles is 1. The number of rotatable bonds is 8. The lowest BCUT2D eigenvalue weighted by Crippen LogP contribution is -2.35. The summed E-state index contributed by atoms with van der Waals surface area (Å²) in [5, 5.41) is 10.1. The predicted octanol–water partition coefficient (Wildman–Crippen LogP) is 1.03. The van der Waals surface area contributed by atoms with Gasteiger partial charge in [-0.15, -0.1) is 0 Å². The lowest BCUT2D eigenvalue weighted by molar-refractivity contribution is -0.150. The van der Waals surface area contributed by atoms with Gasteiger partial charge in [-0.3, -0.25) is 9.59 Å². The summed E-state index contributed by atoms with van der Waals surface area (Å²) in [6.07, 6.45) is 0.168. The summed E-state index contributed by atoms with van der Waals surface area (Å²) in [7, 11) is -2.41. The van der Waals surface area contributed by atoms with Crippen molar-refractivity contribution in [3.8, 4) is 6.07 Å². The number of benzene rings is 2. The molecule has 27 heavy (non-hydrogen) atoms. The molecule has 0 fully saturated rings. The van der Waals surface area contributed by atoms with E-state index in [9.17, 15) is 18.0 Å². The van der Waals surface area contributed by atoms with Crippen LogP contribution in [0.15, 0.2) is 47.4 Å². The van der Waals surface area contributed by atoms with Gasteiger partial charge in [0.05, 0.1) is 17.4 Å². The Hall–Kier alpha value is -2.96. The standard InChI is InChI=1S/C18H19N3O5S/c1-21(10-4-9-19)17(22)13-26-18(23)12-20-27(24,25)16-8-7-14-5-2-3-6-15(14)11-16/h2-3,5-8,11,20H,4,10,12-13H2,1H3. The van der Waals surface area contributed by atoms with Gasteiger partial charge >= 0.3 is 5.97 Å². The molecule has 8 nitrogen and oxygen atoms in total. The summed E-state index contributed by atoms with van der Waals surface area (Å²) < 4.78 is 31.6. The Kier molecular flexibility index (Phi) is 6.87. The molecule has 2 rings (SSSR count). The molecule has 0 atom stereocenters. The van der Waals surface area contributed by atoms with Gasteiger partial charge in [-0.25, -0.2) is 8.42 Å². The lowest BCUT2D eigenvalue weighted by Gasteiger charge is -2.15. The third kappa shape index (κ3) is 5.77. The number of esters is 1. The van der Waals surface area contributed by atoms with Gasteiger partial charge in [-0.05, 0) is 22.9 Å². The SMILES string of the molecule is CN(CCC#N)C(=O)COC(=O)CNS(=O)(=O)c1ccc2ccccc2c1. The maximum atomic E-state index is 12.3. The van der Waals surface area contributed by atoms with Gasteiger partial charge < -0.3 is 9.64 Å². The monoisotopic (exact) mass is 389 g/mol. The molecular weight excluding hydrogens is 370 g/mol. The Morgan fingerprint density at radius 1 is 1.19 bits per heavy atom. The normalized spacial score (nSPS) is 11.0. The molecule has 0 aromatic heterocycles. The number of carbonyl (C=O) groups is 2. The number of carbonyl (C=O) groups excluding carboxylic acids is 2. The first-order chi connectivity index (χ1) is 12.8. The molecule has 2 aromatic rings. The molecule has 1 N–H and O–H groups in total. The molecule has 2 aromatic carbocycles. The molecule has 0 saturated carbocycles. The third-order valence-corrected chi connectivity index (χ3v) is 5.18. The Balaban J connectivity index is 1.89. The van der Waals surface area contributed by atoms with E-state index in [0.29, 0.717) is 0 Å². The van der Waals surface area contributed by atoms with Crippen LogP contribution in [0.2, 0.25) is 0 Å². The van der Waals surface area contributed by atoms with Crippen molar-refractivity contribution in [1.29, 1.82) is 5.26 Å². The van der Waals surface area contributed by atoms with Crippen molar-refractivity contribution in [2.24, 2.45) is 0 Å². The molecule has 142 valence electrons. The largest absolute Gasteiger partial charge is 0.455 e. The highest BCUT2D eigenvalue weighted by Crippen LogP contribution is 2.18. The van der Waals surface area contributed by atoms with Crippen molar-refractivity contribution in [2.75, 3.05) is 26.7 Å². The van der Waals surface area contributed by atoms with Crippen LogP contribution in [0.4, 0.5) is 0 Å². The van der Waals surface area contributed by atoms with E-state index in [2.05, 4.69) is 4.72 Å². The maximum Gasteiger partial charge on any atom is 0.321 e. The highest BCUT2D eigenvalue weighted by Gasteiger charge is 2.17. The molecule has 0 aliphatic rings. The number of sulfonamides is 1. The zero-order chi connectivity index (χ0) is 19.9. The van der Waals surface area contributed by atoms with Crippen molar-refractivity contribution < 1.29 is 22.7 Å².